The van der Waals surface area contributed by atoms with Crippen LogP contribution in [0.3, 0.4) is 0 Å². The first-order chi connectivity index (χ1) is 10.1. The van der Waals surface area contributed by atoms with Crippen molar-refractivity contribution >= 4 is 5.97 Å². The maximum atomic E-state index is 11.6. The molecule has 0 fully saturated rings. The Bertz CT molecular complexity index is 393. The molecule has 0 aliphatic rings. The van der Waals surface area contributed by atoms with Gasteiger partial charge in [0.15, 0.2) is 0 Å². The molecule has 0 bridgehead atoms. The Balaban J connectivity index is 4.56. The lowest BCUT2D eigenvalue weighted by atomic mass is 10.2. The number of nitrogens with zero attached hydrogens (tertiary/aromatic N) is 2. The molecule has 21 heavy (non-hydrogen) atoms. The van der Waals surface area contributed by atoms with Crippen LogP contribution in [0.15, 0.2) is 23.9 Å². The van der Waals surface area contributed by atoms with Gasteiger partial charge >= 0.3 is 5.97 Å². The molecule has 1 unspecified atom stereocenters. The summed E-state index contributed by atoms with van der Waals surface area (Å²) < 4.78 is 4.71. The fourth-order valence-electron chi connectivity index (χ4n) is 1.55. The number of carbonyl (C=O) groups excluding carboxylic acids is 1. The molecule has 6 nitrogen and oxygen atoms in total. The van der Waals surface area contributed by atoms with Crippen LogP contribution >= 0.6 is 0 Å². The molecule has 6 heteroatoms. The Hall–Kier alpha value is -1.84. The fourth-order valence-corrected chi connectivity index (χ4v) is 1.55. The van der Waals surface area contributed by atoms with Crippen LogP contribution in [0, 0.1) is 11.3 Å². The Morgan fingerprint density at radius 3 is 2.48 bits per heavy atom. The number of nitriles is 1. The average molecular weight is 296 g/mol. The van der Waals surface area contributed by atoms with Crippen molar-refractivity contribution in [3.8, 4) is 6.07 Å². The van der Waals surface area contributed by atoms with Crippen LogP contribution in [-0.2, 0) is 9.53 Å². The number of hydrogen-bond donors (Lipinski definition) is 2. The van der Waals surface area contributed by atoms with Gasteiger partial charge in [-0.25, -0.2) is 4.79 Å². The van der Waals surface area contributed by atoms with E-state index in [1.54, 1.807) is 12.1 Å². The van der Waals surface area contributed by atoms with Gasteiger partial charge in [0.2, 0.25) is 0 Å². The Morgan fingerprint density at radius 1 is 1.38 bits per heavy atom. The van der Waals surface area contributed by atoms with Crippen molar-refractivity contribution < 1.29 is 19.7 Å². The van der Waals surface area contributed by atoms with Crippen LogP contribution in [0.25, 0.3) is 0 Å². The highest BCUT2D eigenvalue weighted by Crippen LogP contribution is 2.01. The second-order valence-electron chi connectivity index (χ2n) is 4.50. The van der Waals surface area contributed by atoms with Gasteiger partial charge in [0, 0.05) is 13.1 Å². The van der Waals surface area contributed by atoms with Crippen molar-refractivity contribution in [3.05, 3.63) is 23.9 Å². The summed E-state index contributed by atoms with van der Waals surface area (Å²) in [5, 5.41) is 26.6. The number of aliphatic hydroxyl groups is 2. The molecule has 2 N–H and O–H groups in total. The second-order valence-corrected chi connectivity index (χ2v) is 4.50. The van der Waals surface area contributed by atoms with Gasteiger partial charge in [-0.3, -0.25) is 0 Å². The lowest BCUT2D eigenvalue weighted by Crippen LogP contribution is -2.22. The highest BCUT2D eigenvalue weighted by atomic mass is 16.5. The van der Waals surface area contributed by atoms with Crippen molar-refractivity contribution in [2.75, 3.05) is 26.3 Å². The molecule has 118 valence electrons. The molecule has 0 saturated carbocycles. The molecular formula is C15H24N2O4. The monoisotopic (exact) mass is 296 g/mol. The Labute approximate surface area is 125 Å². The molecule has 0 aromatic rings. The Kier molecular flexibility index (Phi) is 10.9. The summed E-state index contributed by atoms with van der Waals surface area (Å²) in [6.07, 6.45) is 5.74. The van der Waals surface area contributed by atoms with E-state index in [-0.39, 0.29) is 12.2 Å². The van der Waals surface area contributed by atoms with E-state index in [0.717, 1.165) is 25.9 Å². The van der Waals surface area contributed by atoms with Crippen molar-refractivity contribution in [1.82, 2.24) is 4.90 Å². The third-order valence-corrected chi connectivity index (χ3v) is 2.54. The molecule has 0 aliphatic carbocycles. The lowest BCUT2D eigenvalue weighted by molar-refractivity contribution is -0.142. The molecule has 0 spiro atoms. The third-order valence-electron chi connectivity index (χ3n) is 2.54. The van der Waals surface area contributed by atoms with Gasteiger partial charge in [-0.1, -0.05) is 13.8 Å². The standard InChI is InChI=1S/C15H24N2O4/c1-3-7-17(8-4-2)9-5-6-13(10-16)15(20)21-12-14(19)11-18/h5-6,9,14,18-19H,3-4,7-8,11-12H2,1-2H3/b9-5+,13-6+. The van der Waals surface area contributed by atoms with Crippen molar-refractivity contribution in [2.24, 2.45) is 0 Å². The minimum Gasteiger partial charge on any atom is -0.459 e. The van der Waals surface area contributed by atoms with Crippen LogP contribution < -0.4 is 0 Å². The first-order valence-electron chi connectivity index (χ1n) is 7.07. The zero-order valence-corrected chi connectivity index (χ0v) is 12.7. The van der Waals surface area contributed by atoms with E-state index in [0.29, 0.717) is 0 Å². The summed E-state index contributed by atoms with van der Waals surface area (Å²) >= 11 is 0. The molecule has 0 saturated heterocycles. The molecule has 0 radical (unpaired) electrons. The number of ether oxygens (including phenoxy) is 1. The van der Waals surface area contributed by atoms with E-state index in [1.807, 2.05) is 6.20 Å². The van der Waals surface area contributed by atoms with Gasteiger partial charge in [0.05, 0.1) is 6.61 Å². The van der Waals surface area contributed by atoms with Crippen molar-refractivity contribution in [3.63, 3.8) is 0 Å². The van der Waals surface area contributed by atoms with Gasteiger partial charge in [0.1, 0.15) is 24.4 Å². The second kappa shape index (κ2) is 11.9. The SMILES string of the molecule is CCCN(/C=C/C=C(\C#N)C(=O)OCC(O)CO)CCC. The lowest BCUT2D eigenvalue weighted by Gasteiger charge is -2.17. The maximum Gasteiger partial charge on any atom is 0.348 e. The first-order valence-corrected chi connectivity index (χ1v) is 7.07. The predicted molar refractivity (Wildman–Crippen MR) is 79.0 cm³/mol. The van der Waals surface area contributed by atoms with Crippen LogP contribution in [0.1, 0.15) is 26.7 Å². The van der Waals surface area contributed by atoms with Gasteiger partial charge in [-0.15, -0.1) is 0 Å². The maximum absolute atomic E-state index is 11.6. The predicted octanol–water partition coefficient (Wildman–Crippen LogP) is 0.968. The van der Waals surface area contributed by atoms with E-state index >= 15 is 0 Å². The summed E-state index contributed by atoms with van der Waals surface area (Å²) in [6, 6.07) is 1.75. The van der Waals surface area contributed by atoms with Gasteiger partial charge in [0.25, 0.3) is 0 Å². The van der Waals surface area contributed by atoms with Crippen molar-refractivity contribution in [1.29, 1.82) is 5.26 Å². The molecule has 0 rings (SSSR count). The van der Waals surface area contributed by atoms with Crippen LogP contribution in [0.5, 0.6) is 0 Å². The van der Waals surface area contributed by atoms with Crippen LogP contribution in [0.4, 0.5) is 0 Å². The topological polar surface area (TPSA) is 93.8 Å². The quantitative estimate of drug-likeness (QED) is 0.270. The van der Waals surface area contributed by atoms with Gasteiger partial charge in [-0.05, 0) is 31.2 Å². The molecule has 0 aromatic carbocycles. The van der Waals surface area contributed by atoms with E-state index in [2.05, 4.69) is 18.7 Å². The zero-order valence-electron chi connectivity index (χ0n) is 12.7. The summed E-state index contributed by atoms with van der Waals surface area (Å²) in [6.45, 7) is 5.14. The Morgan fingerprint density at radius 2 is 2.00 bits per heavy atom. The van der Waals surface area contributed by atoms with E-state index in [9.17, 15) is 4.79 Å². The molecule has 0 amide bonds. The summed E-state index contributed by atoms with van der Waals surface area (Å²) in [7, 11) is 0. The number of hydrogen-bond acceptors (Lipinski definition) is 6. The van der Waals surface area contributed by atoms with E-state index in [4.69, 9.17) is 20.2 Å². The number of carbonyl (C=O) groups is 1. The van der Waals surface area contributed by atoms with Crippen molar-refractivity contribution in [2.45, 2.75) is 32.8 Å². The fraction of sp³-hybridized carbons (Fsp3) is 0.600. The first kappa shape index (κ1) is 19.2. The van der Waals surface area contributed by atoms with Gasteiger partial charge in [-0.2, -0.15) is 5.26 Å². The third kappa shape index (κ3) is 8.84. The zero-order chi connectivity index (χ0) is 16.1. The summed E-state index contributed by atoms with van der Waals surface area (Å²) in [5.74, 6) is -0.813. The minimum atomic E-state index is -1.13. The molecule has 1 atom stereocenters. The molecular weight excluding hydrogens is 272 g/mol. The highest BCUT2D eigenvalue weighted by Gasteiger charge is 2.12. The molecule has 0 heterocycles. The van der Waals surface area contributed by atoms with E-state index in [1.165, 1.54) is 6.08 Å². The van der Waals surface area contributed by atoms with Crippen LogP contribution in [0.2, 0.25) is 0 Å². The average Bonchev–Trinajstić information content (AvgIpc) is 2.49. The number of allylic oxidation sites excluding steroid dienone is 2. The normalized spacial score (nSPS) is 13.0. The number of esters is 1. The molecule has 0 aromatic heterocycles. The van der Waals surface area contributed by atoms with E-state index < -0.39 is 18.7 Å². The number of rotatable bonds is 10. The van der Waals surface area contributed by atoms with Crippen LogP contribution in [-0.4, -0.2) is 53.5 Å². The summed E-state index contributed by atoms with van der Waals surface area (Å²) in [4.78, 5) is 13.7. The minimum absolute atomic E-state index is 0.149. The highest BCUT2D eigenvalue weighted by molar-refractivity contribution is 5.93. The smallest absolute Gasteiger partial charge is 0.348 e. The summed E-state index contributed by atoms with van der Waals surface area (Å²) in [5.41, 5.74) is -0.149. The number of aliphatic hydroxyl groups excluding tert-OH is 2. The van der Waals surface area contributed by atoms with Gasteiger partial charge < -0.3 is 19.8 Å². The largest absolute Gasteiger partial charge is 0.459 e. The molecule has 0 aliphatic heterocycles.